The van der Waals surface area contributed by atoms with Gasteiger partial charge < -0.3 is 4.74 Å². The molecule has 2 N–H and O–H groups in total. The lowest BCUT2D eigenvalue weighted by Crippen LogP contribution is -2.52. The second-order valence-electron chi connectivity index (χ2n) is 7.50. The van der Waals surface area contributed by atoms with E-state index in [2.05, 4.69) is 18.2 Å². The maximum atomic E-state index is 13.2. The molecule has 2 unspecified atom stereocenters. The molecule has 0 saturated heterocycles. The molecule has 2 aromatic carbocycles. The van der Waals surface area contributed by atoms with E-state index in [-0.39, 0.29) is 23.8 Å². The third-order valence-corrected chi connectivity index (χ3v) is 5.38. The predicted molar refractivity (Wildman–Crippen MR) is 115 cm³/mol. The minimum absolute atomic E-state index is 0.0584. The lowest BCUT2D eigenvalue weighted by molar-refractivity contribution is -0.130. The molecule has 2 atom stereocenters. The van der Waals surface area contributed by atoms with Crippen molar-refractivity contribution in [2.24, 2.45) is 5.84 Å². The van der Waals surface area contributed by atoms with Crippen molar-refractivity contribution in [2.45, 2.75) is 44.9 Å². The molecule has 0 radical (unpaired) electrons. The van der Waals surface area contributed by atoms with Crippen LogP contribution >= 0.6 is 0 Å². The van der Waals surface area contributed by atoms with Crippen LogP contribution in [0.1, 0.15) is 30.9 Å². The van der Waals surface area contributed by atoms with E-state index in [1.54, 1.807) is 5.01 Å². The number of nitrogens with zero attached hydrogens (tertiary/aromatic N) is 3. The van der Waals surface area contributed by atoms with Gasteiger partial charge >= 0.3 is 0 Å². The summed E-state index contributed by atoms with van der Waals surface area (Å²) in [4.78, 5) is 13.2. The number of carbonyl (C=O) groups is 1. The van der Waals surface area contributed by atoms with Crippen molar-refractivity contribution < 1.29 is 9.53 Å². The van der Waals surface area contributed by atoms with Crippen LogP contribution in [0.5, 0.6) is 0 Å². The lowest BCUT2D eigenvalue weighted by Gasteiger charge is -2.35. The van der Waals surface area contributed by atoms with Crippen LogP contribution in [0.3, 0.4) is 0 Å². The summed E-state index contributed by atoms with van der Waals surface area (Å²) >= 11 is 0. The number of hydrogen-bond acceptors (Lipinski definition) is 6. The van der Waals surface area contributed by atoms with Gasteiger partial charge in [-0.1, -0.05) is 60.7 Å². The molecule has 0 aromatic heterocycles. The zero-order valence-electron chi connectivity index (χ0n) is 17.5. The van der Waals surface area contributed by atoms with Gasteiger partial charge in [0.25, 0.3) is 0 Å². The van der Waals surface area contributed by atoms with Gasteiger partial charge in [-0.2, -0.15) is 5.26 Å². The van der Waals surface area contributed by atoms with Gasteiger partial charge in [0.1, 0.15) is 17.3 Å². The quantitative estimate of drug-likeness (QED) is 0.645. The number of ether oxygens (including phenoxy) is 1. The van der Waals surface area contributed by atoms with E-state index in [1.165, 1.54) is 17.8 Å². The lowest BCUT2D eigenvalue weighted by atomic mass is 10.0. The molecule has 0 aliphatic carbocycles. The molecule has 0 saturated carbocycles. The van der Waals surface area contributed by atoms with Crippen molar-refractivity contribution in [3.63, 3.8) is 0 Å². The van der Waals surface area contributed by atoms with Gasteiger partial charge in [-0.15, -0.1) is 5.12 Å². The monoisotopic (exact) mass is 404 g/mol. The Kier molecular flexibility index (Phi) is 7.36. The van der Waals surface area contributed by atoms with Crippen LogP contribution in [0.25, 0.3) is 0 Å². The van der Waals surface area contributed by atoms with Gasteiger partial charge in [-0.3, -0.25) is 9.80 Å². The van der Waals surface area contributed by atoms with Crippen molar-refractivity contribution in [3.8, 4) is 6.07 Å². The standard InChI is InChI=1S/C24H28N4O2/c1-18(10-9-15-19-11-5-3-6-12-19)27-23(21(17-25)24(30-2)28(27)26)22(29)16-20-13-7-4-8-14-20/h3-8,11-14,18,24H,9-10,15-16,26H2,1-2H3. The van der Waals surface area contributed by atoms with Crippen LogP contribution in [-0.4, -0.2) is 35.3 Å². The topological polar surface area (TPSA) is 82.6 Å². The zero-order chi connectivity index (χ0) is 21.5. The number of methoxy groups -OCH3 is 1. The maximum Gasteiger partial charge on any atom is 0.185 e. The number of ketones is 1. The Morgan fingerprint density at radius 2 is 1.73 bits per heavy atom. The summed E-state index contributed by atoms with van der Waals surface area (Å²) in [5.41, 5.74) is 2.77. The molecule has 2 aromatic rings. The van der Waals surface area contributed by atoms with Crippen molar-refractivity contribution in [3.05, 3.63) is 83.1 Å². The Morgan fingerprint density at radius 3 is 2.30 bits per heavy atom. The van der Waals surface area contributed by atoms with Gasteiger partial charge in [0, 0.05) is 19.6 Å². The van der Waals surface area contributed by atoms with Crippen LogP contribution in [0.2, 0.25) is 0 Å². The molecule has 0 amide bonds. The third-order valence-electron chi connectivity index (χ3n) is 5.38. The number of hydrazine groups is 2. The fraction of sp³-hybridized carbons (Fsp3) is 0.333. The molecule has 3 rings (SSSR count). The summed E-state index contributed by atoms with van der Waals surface area (Å²) in [6, 6.07) is 21.9. The van der Waals surface area contributed by atoms with Crippen LogP contribution in [-0.2, 0) is 22.4 Å². The highest BCUT2D eigenvalue weighted by Gasteiger charge is 2.42. The highest BCUT2D eigenvalue weighted by molar-refractivity contribution is 5.98. The molecular weight excluding hydrogens is 376 g/mol. The molecule has 0 fully saturated rings. The first kappa shape index (κ1) is 21.7. The summed E-state index contributed by atoms with van der Waals surface area (Å²) in [5, 5.41) is 12.9. The Bertz CT molecular complexity index is 921. The van der Waals surface area contributed by atoms with Crippen molar-refractivity contribution in [2.75, 3.05) is 7.11 Å². The highest BCUT2D eigenvalue weighted by atomic mass is 16.5. The number of hydrogen-bond donors (Lipinski definition) is 1. The molecule has 1 aliphatic rings. The third kappa shape index (κ3) is 4.77. The summed E-state index contributed by atoms with van der Waals surface area (Å²) in [6.07, 6.45) is 2.15. The zero-order valence-corrected chi connectivity index (χ0v) is 17.5. The van der Waals surface area contributed by atoms with Crippen molar-refractivity contribution >= 4 is 5.78 Å². The first-order valence-corrected chi connectivity index (χ1v) is 10.2. The average molecular weight is 405 g/mol. The molecule has 0 bridgehead atoms. The number of benzene rings is 2. The fourth-order valence-corrected chi connectivity index (χ4v) is 3.89. The fourth-order valence-electron chi connectivity index (χ4n) is 3.89. The maximum absolute atomic E-state index is 13.2. The van der Waals surface area contributed by atoms with Crippen LogP contribution in [0.4, 0.5) is 0 Å². The molecule has 6 nitrogen and oxygen atoms in total. The normalized spacial score (nSPS) is 17.8. The molecule has 0 spiro atoms. The van der Waals surface area contributed by atoms with E-state index in [1.807, 2.05) is 55.5 Å². The SMILES string of the molecule is COC1C(C#N)=C(C(=O)Cc2ccccc2)N(C(C)CCCc2ccccc2)N1N. The summed E-state index contributed by atoms with van der Waals surface area (Å²) < 4.78 is 5.44. The Labute approximate surface area is 178 Å². The molecule has 1 heterocycles. The molecular formula is C24H28N4O2. The van der Waals surface area contributed by atoms with E-state index in [0.717, 1.165) is 24.8 Å². The second kappa shape index (κ2) is 10.2. The number of aryl methyl sites for hydroxylation is 1. The smallest absolute Gasteiger partial charge is 0.185 e. The summed E-state index contributed by atoms with van der Waals surface area (Å²) in [6.45, 7) is 2.02. The van der Waals surface area contributed by atoms with Gasteiger partial charge in [0.05, 0.1) is 0 Å². The number of nitrogens with two attached hydrogens (primary N) is 1. The number of carbonyl (C=O) groups excluding carboxylic acids is 1. The van der Waals surface area contributed by atoms with Crippen LogP contribution in [0, 0.1) is 11.3 Å². The molecule has 6 heteroatoms. The summed E-state index contributed by atoms with van der Waals surface area (Å²) in [5.74, 6) is 6.16. The Hall–Kier alpha value is -2.98. The molecule has 30 heavy (non-hydrogen) atoms. The number of allylic oxidation sites excluding steroid dienone is 1. The predicted octanol–water partition coefficient (Wildman–Crippen LogP) is 3.37. The molecule has 156 valence electrons. The van der Waals surface area contributed by atoms with Crippen molar-refractivity contribution in [1.29, 1.82) is 5.26 Å². The number of rotatable bonds is 9. The average Bonchev–Trinajstić information content (AvgIpc) is 3.06. The first-order valence-electron chi connectivity index (χ1n) is 10.2. The summed E-state index contributed by atoms with van der Waals surface area (Å²) in [7, 11) is 1.49. The van der Waals surface area contributed by atoms with Crippen LogP contribution < -0.4 is 5.84 Å². The van der Waals surface area contributed by atoms with E-state index < -0.39 is 6.23 Å². The van der Waals surface area contributed by atoms with E-state index in [4.69, 9.17) is 10.6 Å². The molecule has 1 aliphatic heterocycles. The van der Waals surface area contributed by atoms with E-state index in [0.29, 0.717) is 5.70 Å². The minimum atomic E-state index is -0.763. The minimum Gasteiger partial charge on any atom is -0.358 e. The number of Topliss-reactive ketones (excluding diaryl/α,β-unsaturated/α-hetero) is 1. The van der Waals surface area contributed by atoms with Gasteiger partial charge in [-0.05, 0) is 37.3 Å². The highest BCUT2D eigenvalue weighted by Crippen LogP contribution is 2.32. The Morgan fingerprint density at radius 1 is 1.13 bits per heavy atom. The largest absolute Gasteiger partial charge is 0.358 e. The van der Waals surface area contributed by atoms with Crippen LogP contribution in [0.15, 0.2) is 71.9 Å². The van der Waals surface area contributed by atoms with E-state index >= 15 is 0 Å². The van der Waals surface area contributed by atoms with Gasteiger partial charge in [-0.25, -0.2) is 5.84 Å². The van der Waals surface area contributed by atoms with Gasteiger partial charge in [0.15, 0.2) is 12.0 Å². The van der Waals surface area contributed by atoms with Gasteiger partial charge in [0.2, 0.25) is 0 Å². The Balaban J connectivity index is 1.78. The second-order valence-corrected chi connectivity index (χ2v) is 7.50. The van der Waals surface area contributed by atoms with E-state index in [9.17, 15) is 10.1 Å². The first-order chi connectivity index (χ1) is 14.6. The van der Waals surface area contributed by atoms with Crippen molar-refractivity contribution in [1.82, 2.24) is 10.1 Å². The number of nitriles is 1.